The summed E-state index contributed by atoms with van der Waals surface area (Å²) in [5, 5.41) is 10.9. The fourth-order valence-electron chi connectivity index (χ4n) is 2.73. The number of hydrogen-bond donors (Lipinski definition) is 0. The van der Waals surface area contributed by atoms with Gasteiger partial charge in [-0.2, -0.15) is 0 Å². The van der Waals surface area contributed by atoms with Gasteiger partial charge in [-0.05, 0) is 36.8 Å². The molecule has 3 aromatic rings. The zero-order chi connectivity index (χ0) is 19.6. The largest absolute Gasteiger partial charge is 0.451 e. The summed E-state index contributed by atoms with van der Waals surface area (Å²) in [6, 6.07) is 14.9. The lowest BCUT2D eigenvalue weighted by Gasteiger charge is -2.24. The highest BCUT2D eigenvalue weighted by atomic mass is 19.1. The lowest BCUT2D eigenvalue weighted by Crippen LogP contribution is -2.29. The Bertz CT molecular complexity index is 999. The molecule has 1 heterocycles. The van der Waals surface area contributed by atoms with E-state index in [0.717, 1.165) is 0 Å². The molecule has 3 rings (SSSR count). The number of halogens is 1. The first-order chi connectivity index (χ1) is 12.9. The van der Waals surface area contributed by atoms with Crippen molar-refractivity contribution in [2.45, 2.75) is 13.0 Å². The standard InChI is InChI=1S/C20H17FN2O4/c1-13(14-6-5-7-15(12-14)23(25)26)22(2)20(24)19-11-10-18(27-19)16-8-3-4-9-17(16)21/h3-13H,1-2H3/t13-/m0/s1. The third-order valence-corrected chi connectivity index (χ3v) is 4.42. The van der Waals surface area contributed by atoms with Crippen LogP contribution in [0.3, 0.4) is 0 Å². The monoisotopic (exact) mass is 368 g/mol. The second kappa shape index (κ2) is 7.41. The maximum absolute atomic E-state index is 13.9. The predicted octanol–water partition coefficient (Wildman–Crippen LogP) is 4.83. The van der Waals surface area contributed by atoms with E-state index in [9.17, 15) is 19.3 Å². The summed E-state index contributed by atoms with van der Waals surface area (Å²) < 4.78 is 19.4. The smallest absolute Gasteiger partial charge is 0.289 e. The van der Waals surface area contributed by atoms with Crippen LogP contribution in [-0.4, -0.2) is 22.8 Å². The molecule has 1 amide bonds. The molecule has 2 aromatic carbocycles. The third-order valence-electron chi connectivity index (χ3n) is 4.42. The van der Waals surface area contributed by atoms with Gasteiger partial charge in [0.1, 0.15) is 11.6 Å². The molecule has 0 spiro atoms. The molecule has 1 atom stereocenters. The van der Waals surface area contributed by atoms with E-state index in [0.29, 0.717) is 5.56 Å². The molecule has 0 aliphatic rings. The number of nitrogens with zero attached hydrogens (tertiary/aromatic N) is 2. The van der Waals surface area contributed by atoms with Gasteiger partial charge in [0.05, 0.1) is 16.5 Å². The minimum atomic E-state index is -0.481. The molecule has 0 N–H and O–H groups in total. The summed E-state index contributed by atoms with van der Waals surface area (Å²) in [7, 11) is 1.58. The van der Waals surface area contributed by atoms with Crippen LogP contribution in [-0.2, 0) is 0 Å². The molecule has 0 aliphatic carbocycles. The predicted molar refractivity (Wildman–Crippen MR) is 97.7 cm³/mol. The van der Waals surface area contributed by atoms with Gasteiger partial charge in [0.25, 0.3) is 11.6 Å². The lowest BCUT2D eigenvalue weighted by molar-refractivity contribution is -0.384. The fourth-order valence-corrected chi connectivity index (χ4v) is 2.73. The molecule has 7 heteroatoms. The first-order valence-electron chi connectivity index (χ1n) is 8.24. The Morgan fingerprint density at radius 3 is 2.59 bits per heavy atom. The topological polar surface area (TPSA) is 76.6 Å². The van der Waals surface area contributed by atoms with Crippen LogP contribution >= 0.6 is 0 Å². The van der Waals surface area contributed by atoms with Crippen molar-refractivity contribution in [1.29, 1.82) is 0 Å². The molecule has 0 bridgehead atoms. The first-order valence-corrected chi connectivity index (χ1v) is 8.24. The van der Waals surface area contributed by atoms with E-state index >= 15 is 0 Å². The Kier molecular flexibility index (Phi) is 5.03. The lowest BCUT2D eigenvalue weighted by atomic mass is 10.1. The number of rotatable bonds is 5. The summed E-state index contributed by atoms with van der Waals surface area (Å²) in [4.78, 5) is 24.6. The Hall–Kier alpha value is -3.48. The van der Waals surface area contributed by atoms with Crippen LogP contribution in [0.2, 0.25) is 0 Å². The van der Waals surface area contributed by atoms with Crippen molar-refractivity contribution in [2.75, 3.05) is 7.05 Å². The van der Waals surface area contributed by atoms with Crippen molar-refractivity contribution >= 4 is 11.6 Å². The fraction of sp³-hybridized carbons (Fsp3) is 0.150. The van der Waals surface area contributed by atoms with E-state index in [4.69, 9.17) is 4.42 Å². The van der Waals surface area contributed by atoms with E-state index < -0.39 is 22.7 Å². The second-order valence-corrected chi connectivity index (χ2v) is 6.09. The minimum Gasteiger partial charge on any atom is -0.451 e. The van der Waals surface area contributed by atoms with Gasteiger partial charge in [-0.25, -0.2) is 4.39 Å². The zero-order valence-electron chi connectivity index (χ0n) is 14.8. The summed E-state index contributed by atoms with van der Waals surface area (Å²) >= 11 is 0. The summed E-state index contributed by atoms with van der Waals surface area (Å²) in [5.41, 5.74) is 0.854. The highest BCUT2D eigenvalue weighted by molar-refractivity contribution is 5.92. The van der Waals surface area contributed by atoms with Crippen molar-refractivity contribution < 1.29 is 18.5 Å². The average molecular weight is 368 g/mol. The molecule has 0 aliphatic heterocycles. The summed E-state index contributed by atoms with van der Waals surface area (Å²) in [6.45, 7) is 1.76. The van der Waals surface area contributed by atoms with Crippen LogP contribution in [0.25, 0.3) is 11.3 Å². The molecule has 0 unspecified atom stereocenters. The molecule has 0 saturated carbocycles. The van der Waals surface area contributed by atoms with Crippen LogP contribution in [0.4, 0.5) is 10.1 Å². The average Bonchev–Trinajstić information content (AvgIpc) is 3.16. The highest BCUT2D eigenvalue weighted by Gasteiger charge is 2.23. The van der Waals surface area contributed by atoms with E-state index in [-0.39, 0.29) is 22.8 Å². The molecule has 0 saturated heterocycles. The maximum atomic E-state index is 13.9. The Balaban J connectivity index is 1.82. The quantitative estimate of drug-likeness (QED) is 0.477. The normalized spacial score (nSPS) is 11.8. The van der Waals surface area contributed by atoms with Crippen molar-refractivity contribution in [3.8, 4) is 11.3 Å². The van der Waals surface area contributed by atoms with Gasteiger partial charge in [-0.15, -0.1) is 0 Å². The van der Waals surface area contributed by atoms with E-state index in [2.05, 4.69) is 0 Å². The van der Waals surface area contributed by atoms with Crippen LogP contribution in [0.15, 0.2) is 65.1 Å². The van der Waals surface area contributed by atoms with Crippen molar-refractivity contribution in [2.24, 2.45) is 0 Å². The molecule has 1 aromatic heterocycles. The first kappa shape index (κ1) is 18.3. The van der Waals surface area contributed by atoms with Gasteiger partial charge >= 0.3 is 0 Å². The van der Waals surface area contributed by atoms with Crippen molar-refractivity contribution in [1.82, 2.24) is 4.90 Å². The highest BCUT2D eigenvalue weighted by Crippen LogP contribution is 2.28. The third kappa shape index (κ3) is 3.72. The van der Waals surface area contributed by atoms with Gasteiger partial charge in [-0.1, -0.05) is 24.3 Å². The molecule has 0 fully saturated rings. The molecule has 0 radical (unpaired) electrons. The van der Waals surface area contributed by atoms with Gasteiger partial charge in [0.2, 0.25) is 0 Å². The Morgan fingerprint density at radius 1 is 1.15 bits per heavy atom. The van der Waals surface area contributed by atoms with Crippen LogP contribution in [0, 0.1) is 15.9 Å². The van der Waals surface area contributed by atoms with Gasteiger partial charge in [0, 0.05) is 19.2 Å². The number of carbonyl (C=O) groups excluding carboxylic acids is 1. The van der Waals surface area contributed by atoms with Gasteiger partial charge in [-0.3, -0.25) is 14.9 Å². The minimum absolute atomic E-state index is 0.0416. The summed E-state index contributed by atoms with van der Waals surface area (Å²) in [5.74, 6) is -0.526. The molecule has 138 valence electrons. The van der Waals surface area contributed by atoms with E-state index in [1.54, 1.807) is 44.3 Å². The van der Waals surface area contributed by atoms with Gasteiger partial charge in [0.15, 0.2) is 5.76 Å². The zero-order valence-corrected chi connectivity index (χ0v) is 14.8. The van der Waals surface area contributed by atoms with Gasteiger partial charge < -0.3 is 9.32 Å². The number of carbonyl (C=O) groups is 1. The van der Waals surface area contributed by atoms with Crippen molar-refractivity contribution in [3.63, 3.8) is 0 Å². The number of nitro benzene ring substituents is 1. The molecule has 6 nitrogen and oxygen atoms in total. The van der Waals surface area contributed by atoms with E-state index in [1.165, 1.54) is 35.2 Å². The molecular weight excluding hydrogens is 351 g/mol. The number of amides is 1. The number of nitro groups is 1. The SMILES string of the molecule is C[C@@H](c1cccc([N+](=O)[O-])c1)N(C)C(=O)c1ccc(-c2ccccc2F)o1. The Morgan fingerprint density at radius 2 is 1.89 bits per heavy atom. The molecular formula is C20H17FN2O4. The Labute approximate surface area is 155 Å². The van der Waals surface area contributed by atoms with Crippen LogP contribution < -0.4 is 0 Å². The second-order valence-electron chi connectivity index (χ2n) is 6.09. The van der Waals surface area contributed by atoms with Crippen molar-refractivity contribution in [3.05, 3.63) is 87.9 Å². The number of furan rings is 1. The number of benzene rings is 2. The summed E-state index contributed by atoms with van der Waals surface area (Å²) in [6.07, 6.45) is 0. The molecule has 27 heavy (non-hydrogen) atoms. The van der Waals surface area contributed by atoms with E-state index in [1.807, 2.05) is 0 Å². The number of non-ortho nitro benzene ring substituents is 1. The number of hydrogen-bond acceptors (Lipinski definition) is 4. The van der Waals surface area contributed by atoms with Crippen LogP contribution in [0.5, 0.6) is 0 Å². The maximum Gasteiger partial charge on any atom is 0.289 e. The van der Waals surface area contributed by atoms with Crippen LogP contribution in [0.1, 0.15) is 29.1 Å².